The molecule has 28 N–H and O–H groups in total. The number of para-hydroxylation sites is 1. The predicted molar refractivity (Wildman–Crippen MR) is 509 cm³/mol. The number of aliphatic hydroxyl groups is 1. The number of carboxylic acid groups (broad SMARTS) is 1. The Morgan fingerprint density at radius 3 is 1.43 bits per heavy atom. The zero-order valence-corrected chi connectivity index (χ0v) is 78.6. The van der Waals surface area contributed by atoms with Crippen molar-refractivity contribution >= 4 is 135 Å². The normalized spacial score (nSPS) is 22.8. The predicted octanol–water partition coefficient (Wildman–Crippen LogP) is -2.32. The summed E-state index contributed by atoms with van der Waals surface area (Å²) in [6.07, 6.45) is -1.33. The van der Waals surface area contributed by atoms with Crippen molar-refractivity contribution < 1.29 is 96.8 Å². The molecule has 44 heteroatoms. The van der Waals surface area contributed by atoms with E-state index >= 15 is 33.6 Å². The number of carbonyl (C=O) groups is 17. The molecule has 2 heterocycles. The number of hydrogen-bond donors (Lipinski definition) is 25. The third-order valence-electron chi connectivity index (χ3n) is 22.3. The first kappa shape index (κ1) is 109. The Morgan fingerprint density at radius 1 is 0.467 bits per heavy atom. The first-order valence-electron chi connectivity index (χ1n) is 44.8. The average Bonchev–Trinajstić information content (AvgIpc) is 1.74. The smallest absolute Gasteiger partial charge is 0.305 e. The van der Waals surface area contributed by atoms with Gasteiger partial charge in [0, 0.05) is 68.7 Å². The van der Waals surface area contributed by atoms with Crippen molar-refractivity contribution in [2.75, 3.05) is 44.8 Å². The summed E-state index contributed by atoms with van der Waals surface area (Å²) in [5.74, 6) is -22.1. The summed E-state index contributed by atoms with van der Waals surface area (Å²) in [7, 11) is 1.24. The number of nitrogens with one attached hydrogen (secondary N) is 19. The van der Waals surface area contributed by atoms with Crippen LogP contribution in [0.5, 0.6) is 5.75 Å². The molecule has 16 amide bonds. The van der Waals surface area contributed by atoms with E-state index in [-0.39, 0.29) is 81.7 Å². The molecule has 1 saturated heterocycles. The third-order valence-corrected chi connectivity index (χ3v) is 23.4. The monoisotopic (exact) mass is 1920 g/mol. The number of rotatable bonds is 27. The number of carbonyl (C=O) groups excluding carboxylic acids is 16. The van der Waals surface area contributed by atoms with Crippen molar-refractivity contribution in [3.8, 4) is 16.9 Å². The lowest BCUT2D eigenvalue weighted by atomic mass is 9.98. The van der Waals surface area contributed by atoms with Crippen LogP contribution in [-0.4, -0.2) is 267 Å². The number of aromatic nitrogens is 1. The minimum Gasteiger partial charge on any atom is -0.508 e. The van der Waals surface area contributed by atoms with E-state index in [0.717, 1.165) is 16.0 Å². The van der Waals surface area contributed by atoms with Crippen molar-refractivity contribution in [2.24, 2.45) is 35.0 Å². The SMILES string of the molecule is CC(C)C[C@@H]1NC(=O)[C@H](CCCNC(=N)N)NC(=O)[C@@H](C)NC(=O)[C@H](C)N(C)C(=O)[C@H](CCCNC(=N)N)NC(=O)[C@H](Cc2ccc(-c3ccccc3)cc2)NC(=O)[C@H](C(C)C)NC(=O)[C@H](Cc2c[nH]c3ccccc23)NC(=O)[C@H](CC(=O)O)NC(=O)[C@H](Cc2ccc(O)cc2)NC(=O)[C@H](Cc2ccccc2)NC(=O)CSC[C@@H](C(=O)NCC(N)=O)NC(=O)[C@H](CO)NC(=O)[C@H](C(C)C)NC1=O. The number of nitrogens with zero attached hydrogens (tertiary/aromatic N) is 1. The van der Waals surface area contributed by atoms with Crippen LogP contribution in [0, 0.1) is 28.6 Å². The number of hydrogen-bond acceptors (Lipinski definition) is 22. The molecule has 740 valence electrons. The van der Waals surface area contributed by atoms with Gasteiger partial charge in [0.25, 0.3) is 0 Å². The van der Waals surface area contributed by atoms with E-state index in [1.165, 1.54) is 59.0 Å². The Morgan fingerprint density at radius 2 is 0.898 bits per heavy atom. The molecular weight excluding hydrogens is 1790 g/mol. The fourth-order valence-electron chi connectivity index (χ4n) is 14.7. The second-order valence-electron chi connectivity index (χ2n) is 34.5. The van der Waals surface area contributed by atoms with Gasteiger partial charge in [0.1, 0.15) is 90.3 Å². The van der Waals surface area contributed by atoms with Crippen molar-refractivity contribution in [2.45, 2.75) is 204 Å². The highest BCUT2D eigenvalue weighted by atomic mass is 32.2. The standard InChI is InChI=1S/C93H127N23O20S/c1-49(2)38-65-86(131)114-77(51(5)6)90(135)112-71(46-117)88(133)113-72(80(125)102-45-73(94)119)47-137-48-74(120)104-66(39-54-20-12-10-13-21-54)82(127)108-67(41-56-30-34-60(118)35-31-56)84(129)110-70(43-75(121)122)85(130)109-69(42-59-44-101-62-25-17-16-24-61(59)62)87(132)115-76(50(3)4)89(134)111-68(40-55-28-32-58(33-29-55)57-22-14-11-15-23-57)83(128)106-64(27-19-37-100-93(97)98)91(136)116(9)53(8)79(124)103-52(7)78(123)105-63(81(126)107-65)26-18-36-99-92(95)96/h10-17,20-25,28-35,44,49-53,63-72,76-77,101,117-118H,18-19,26-27,36-43,45-48H2,1-9H3,(H2,94,119)(H,102,125)(H,103,124)(H,104,120)(H,105,123)(H,106,128)(H,107,126)(H,108,127)(H,109,130)(H,110,129)(H,111,134)(H,112,135)(H,113,133)(H,114,131)(H,115,132)(H,121,122)(H4,95,96,99)(H4,97,98,100)/t52-,53+,63+,64+,65+,66+,67+,68+,69+,70+,71+,72+,76+,77+/m1/s1. The molecule has 7 rings (SSSR count). The van der Waals surface area contributed by atoms with Crippen LogP contribution in [0.15, 0.2) is 140 Å². The van der Waals surface area contributed by atoms with Crippen LogP contribution in [0.1, 0.15) is 116 Å². The molecule has 0 aliphatic carbocycles. The number of thioether (sulfide) groups is 1. The van der Waals surface area contributed by atoms with Crippen molar-refractivity contribution in [3.05, 3.63) is 162 Å². The maximum absolute atomic E-state index is 15.4. The van der Waals surface area contributed by atoms with E-state index in [2.05, 4.69) is 90.1 Å². The van der Waals surface area contributed by atoms with Gasteiger partial charge in [0.15, 0.2) is 11.9 Å². The highest BCUT2D eigenvalue weighted by Gasteiger charge is 2.41. The molecule has 6 aromatic rings. The van der Waals surface area contributed by atoms with Crippen molar-refractivity contribution in [3.63, 3.8) is 0 Å². The summed E-state index contributed by atoms with van der Waals surface area (Å²) in [6, 6.07) is 13.8. The number of aliphatic carboxylic acids is 1. The molecule has 1 fully saturated rings. The number of phenols is 1. The molecule has 0 saturated carbocycles. The Balaban J connectivity index is 1.32. The molecule has 0 spiro atoms. The number of guanidine groups is 2. The minimum atomic E-state index is -2.08. The molecule has 1 aromatic heterocycles. The zero-order valence-electron chi connectivity index (χ0n) is 77.8. The molecule has 137 heavy (non-hydrogen) atoms. The van der Waals surface area contributed by atoms with Crippen LogP contribution in [0.2, 0.25) is 0 Å². The van der Waals surface area contributed by atoms with Crippen molar-refractivity contribution in [1.82, 2.24) is 95.0 Å². The fraction of sp³-hybridized carbons (Fsp3) is 0.452. The van der Waals surface area contributed by atoms with Gasteiger partial charge in [-0.15, -0.1) is 11.8 Å². The van der Waals surface area contributed by atoms with Crippen LogP contribution in [-0.2, 0) is 107 Å². The van der Waals surface area contributed by atoms with Crippen molar-refractivity contribution in [1.29, 1.82) is 10.8 Å². The zero-order chi connectivity index (χ0) is 101. The number of H-pyrrole nitrogens is 1. The number of aliphatic hydroxyl groups excluding tert-OH is 1. The van der Waals surface area contributed by atoms with E-state index < -0.39 is 246 Å². The van der Waals surface area contributed by atoms with E-state index in [0.29, 0.717) is 39.4 Å². The highest BCUT2D eigenvalue weighted by molar-refractivity contribution is 8.00. The third kappa shape index (κ3) is 35.6. The Hall–Kier alpha value is -14.7. The maximum Gasteiger partial charge on any atom is 0.305 e. The lowest BCUT2D eigenvalue weighted by Crippen LogP contribution is -2.62. The summed E-state index contributed by atoms with van der Waals surface area (Å²) < 4.78 is 0. The first-order chi connectivity index (χ1) is 65.0. The van der Waals surface area contributed by atoms with Crippen LogP contribution in [0.3, 0.4) is 0 Å². The van der Waals surface area contributed by atoms with Crippen LogP contribution in [0.4, 0.5) is 0 Å². The number of likely N-dealkylation sites (N-methyl/N-ethyl adjacent to an activating group) is 1. The summed E-state index contributed by atoms with van der Waals surface area (Å²) >= 11 is 0.704. The number of primary amides is 1. The Labute approximate surface area is 796 Å². The van der Waals surface area contributed by atoms with Crippen LogP contribution >= 0.6 is 11.8 Å². The quantitative estimate of drug-likeness (QED) is 0.0146. The minimum absolute atomic E-state index is 0.00753. The largest absolute Gasteiger partial charge is 0.508 e. The van der Waals surface area contributed by atoms with Gasteiger partial charge in [-0.1, -0.05) is 157 Å². The summed E-state index contributed by atoms with van der Waals surface area (Å²) in [5, 5.41) is 89.0. The fourth-order valence-corrected chi connectivity index (χ4v) is 15.5. The summed E-state index contributed by atoms with van der Waals surface area (Å²) in [5.41, 5.74) is 20.4. The molecule has 14 atom stereocenters. The highest BCUT2D eigenvalue weighted by Crippen LogP contribution is 2.24. The summed E-state index contributed by atoms with van der Waals surface area (Å²) in [6.45, 7) is 10.3. The molecule has 0 radical (unpaired) electrons. The van der Waals surface area contributed by atoms with Gasteiger partial charge in [-0.2, -0.15) is 0 Å². The number of fused-ring (bicyclic) bond motifs is 1. The lowest BCUT2D eigenvalue weighted by molar-refractivity contribution is -0.142. The Kier molecular flexibility index (Phi) is 43.1. The number of aromatic amines is 1. The number of phenolic OH excluding ortho intramolecular Hbond substituents is 1. The number of benzene rings is 5. The molecule has 1 aliphatic rings. The van der Waals surface area contributed by atoms with E-state index in [1.807, 2.05) is 30.3 Å². The first-order valence-corrected chi connectivity index (χ1v) is 46.0. The molecular formula is C93H127N23O20S. The van der Waals surface area contributed by atoms with Gasteiger partial charge in [0.05, 0.1) is 25.3 Å². The number of aromatic hydroxyl groups is 1. The Bertz CT molecular complexity index is 5220. The van der Waals surface area contributed by atoms with E-state index in [1.54, 1.807) is 113 Å². The number of carboxylic acids is 1. The molecule has 5 aromatic carbocycles. The van der Waals surface area contributed by atoms with Gasteiger partial charge in [-0.25, -0.2) is 0 Å². The number of amides is 16. The lowest BCUT2D eigenvalue weighted by Gasteiger charge is -2.31. The van der Waals surface area contributed by atoms with Gasteiger partial charge in [-0.3, -0.25) is 92.3 Å². The second-order valence-corrected chi connectivity index (χ2v) is 35.5. The molecule has 0 bridgehead atoms. The average molecular weight is 1920 g/mol. The van der Waals surface area contributed by atoms with E-state index in [9.17, 15) is 63.3 Å². The summed E-state index contributed by atoms with van der Waals surface area (Å²) in [4.78, 5) is 251. The van der Waals surface area contributed by atoms with Gasteiger partial charge in [0.2, 0.25) is 94.5 Å². The van der Waals surface area contributed by atoms with Gasteiger partial charge < -0.3 is 127 Å². The van der Waals surface area contributed by atoms with E-state index in [4.69, 9.17) is 28.0 Å². The van der Waals surface area contributed by atoms with Gasteiger partial charge in [-0.05, 0) is 115 Å². The second kappa shape index (κ2) is 54.0. The van der Waals surface area contributed by atoms with Crippen LogP contribution in [0.25, 0.3) is 22.0 Å². The van der Waals surface area contributed by atoms with Gasteiger partial charge >= 0.3 is 5.97 Å². The maximum atomic E-state index is 15.4. The molecule has 43 nitrogen and oxygen atoms in total. The number of nitrogens with two attached hydrogens (primary N) is 3. The molecule has 0 unspecified atom stereocenters. The molecule has 1 aliphatic heterocycles. The topological polar surface area (TPSA) is 688 Å². The van der Waals surface area contributed by atoms with Crippen LogP contribution < -0.4 is 102 Å².